The molecule has 0 aliphatic rings. The van der Waals surface area contributed by atoms with Gasteiger partial charge in [0.25, 0.3) is 5.91 Å². The predicted octanol–water partition coefficient (Wildman–Crippen LogP) is 0.275. The van der Waals surface area contributed by atoms with Crippen LogP contribution in [0.2, 0.25) is 0 Å². The number of aromatic amines is 1. The summed E-state index contributed by atoms with van der Waals surface area (Å²) >= 11 is 0. The largest absolute Gasteiger partial charge is 0.328 e. The fraction of sp³-hybridized carbons (Fsp3) is 0. The van der Waals surface area contributed by atoms with Crippen molar-refractivity contribution in [1.82, 2.24) is 4.98 Å². The van der Waals surface area contributed by atoms with Crippen LogP contribution in [-0.2, 0) is 10.0 Å². The maximum absolute atomic E-state index is 11.9. The molecule has 1 heterocycles. The molecule has 4 N–H and O–H groups in total. The molecule has 0 bridgehead atoms. The average Bonchev–Trinajstić information content (AvgIpc) is 2.38. The molecule has 1 amide bonds. The number of carbonyl (C=O) groups excluding carboxylic acids is 1. The van der Waals surface area contributed by atoms with Crippen molar-refractivity contribution in [2.45, 2.75) is 4.90 Å². The number of para-hydroxylation sites is 1. The number of benzene rings is 1. The van der Waals surface area contributed by atoms with Crippen molar-refractivity contribution in [3.8, 4) is 0 Å². The number of carbonyl (C=O) groups is 1. The third kappa shape index (κ3) is 3.11. The molecule has 0 saturated carbocycles. The highest BCUT2D eigenvalue weighted by Gasteiger charge is 2.15. The lowest BCUT2D eigenvalue weighted by molar-refractivity contribution is 0.102. The van der Waals surface area contributed by atoms with Crippen LogP contribution in [0.25, 0.3) is 0 Å². The number of aromatic nitrogens is 1. The lowest BCUT2D eigenvalue weighted by Crippen LogP contribution is -2.19. The van der Waals surface area contributed by atoms with E-state index in [1.165, 1.54) is 36.5 Å². The highest BCUT2D eigenvalue weighted by molar-refractivity contribution is 7.89. The van der Waals surface area contributed by atoms with E-state index in [0.29, 0.717) is 0 Å². The van der Waals surface area contributed by atoms with Gasteiger partial charge in [-0.2, -0.15) is 0 Å². The zero-order valence-corrected chi connectivity index (χ0v) is 11.0. The fourth-order valence-electron chi connectivity index (χ4n) is 1.56. The van der Waals surface area contributed by atoms with Gasteiger partial charge in [-0.15, -0.1) is 0 Å². The van der Waals surface area contributed by atoms with Crippen LogP contribution in [0.15, 0.2) is 52.3 Å². The molecule has 0 fully saturated rings. The molecule has 1 aromatic carbocycles. The second-order valence-electron chi connectivity index (χ2n) is 3.94. The molecular formula is C12H11N3O4S. The molecule has 2 aromatic rings. The van der Waals surface area contributed by atoms with Crippen LogP contribution >= 0.6 is 0 Å². The SMILES string of the molecule is NS(=O)(=O)c1ccccc1NC(=O)c1ccc(=O)[nH]c1. The summed E-state index contributed by atoms with van der Waals surface area (Å²) in [6.45, 7) is 0. The van der Waals surface area contributed by atoms with Gasteiger partial charge >= 0.3 is 0 Å². The molecule has 2 rings (SSSR count). The molecule has 20 heavy (non-hydrogen) atoms. The fourth-order valence-corrected chi connectivity index (χ4v) is 2.26. The number of sulfonamides is 1. The zero-order chi connectivity index (χ0) is 14.8. The van der Waals surface area contributed by atoms with Gasteiger partial charge in [0.15, 0.2) is 0 Å². The van der Waals surface area contributed by atoms with Crippen molar-refractivity contribution < 1.29 is 13.2 Å². The van der Waals surface area contributed by atoms with Crippen molar-refractivity contribution in [3.63, 3.8) is 0 Å². The number of amides is 1. The molecule has 1 aromatic heterocycles. The quantitative estimate of drug-likeness (QED) is 0.752. The predicted molar refractivity (Wildman–Crippen MR) is 72.8 cm³/mol. The molecule has 0 unspecified atom stereocenters. The molecule has 8 heteroatoms. The van der Waals surface area contributed by atoms with Gasteiger partial charge in [-0.05, 0) is 18.2 Å². The van der Waals surface area contributed by atoms with Crippen molar-refractivity contribution in [1.29, 1.82) is 0 Å². The number of primary sulfonamides is 1. The Morgan fingerprint density at radius 1 is 1.15 bits per heavy atom. The molecule has 0 saturated heterocycles. The van der Waals surface area contributed by atoms with Crippen LogP contribution in [0.5, 0.6) is 0 Å². The van der Waals surface area contributed by atoms with Gasteiger partial charge in [0.1, 0.15) is 4.90 Å². The highest BCUT2D eigenvalue weighted by Crippen LogP contribution is 2.19. The summed E-state index contributed by atoms with van der Waals surface area (Å²) < 4.78 is 22.8. The summed E-state index contributed by atoms with van der Waals surface area (Å²) in [6.07, 6.45) is 1.23. The van der Waals surface area contributed by atoms with Crippen LogP contribution in [0.4, 0.5) is 5.69 Å². The van der Waals surface area contributed by atoms with Crippen LogP contribution < -0.4 is 16.0 Å². The first-order chi connectivity index (χ1) is 9.38. The molecule has 7 nitrogen and oxygen atoms in total. The molecule has 0 aliphatic heterocycles. The number of hydrogen-bond acceptors (Lipinski definition) is 4. The number of nitrogens with one attached hydrogen (secondary N) is 2. The van der Waals surface area contributed by atoms with E-state index in [4.69, 9.17) is 5.14 Å². The van der Waals surface area contributed by atoms with Gasteiger partial charge in [0.2, 0.25) is 15.6 Å². The Morgan fingerprint density at radius 3 is 2.45 bits per heavy atom. The molecule has 104 valence electrons. The maximum atomic E-state index is 11.9. The second kappa shape index (κ2) is 5.27. The van der Waals surface area contributed by atoms with E-state index >= 15 is 0 Å². The monoisotopic (exact) mass is 293 g/mol. The maximum Gasteiger partial charge on any atom is 0.257 e. The van der Waals surface area contributed by atoms with E-state index in [2.05, 4.69) is 10.3 Å². The Labute approximate surface area is 114 Å². The summed E-state index contributed by atoms with van der Waals surface area (Å²) in [6, 6.07) is 8.29. The normalized spacial score (nSPS) is 11.1. The smallest absolute Gasteiger partial charge is 0.257 e. The summed E-state index contributed by atoms with van der Waals surface area (Å²) in [4.78, 5) is 25.0. The lowest BCUT2D eigenvalue weighted by atomic mass is 10.2. The first kappa shape index (κ1) is 14.0. The zero-order valence-electron chi connectivity index (χ0n) is 10.2. The Morgan fingerprint density at radius 2 is 1.85 bits per heavy atom. The molecule has 0 aliphatic carbocycles. The van der Waals surface area contributed by atoms with E-state index in [-0.39, 0.29) is 21.7 Å². The minimum Gasteiger partial charge on any atom is -0.328 e. The molecule has 0 atom stereocenters. The van der Waals surface area contributed by atoms with Crippen LogP contribution in [-0.4, -0.2) is 19.3 Å². The Balaban J connectivity index is 2.33. The van der Waals surface area contributed by atoms with Crippen molar-refractivity contribution >= 4 is 21.6 Å². The Hall–Kier alpha value is -2.45. The van der Waals surface area contributed by atoms with Gasteiger partial charge in [-0.3, -0.25) is 9.59 Å². The first-order valence-electron chi connectivity index (χ1n) is 5.50. The van der Waals surface area contributed by atoms with Gasteiger partial charge in [-0.25, -0.2) is 13.6 Å². The number of hydrogen-bond donors (Lipinski definition) is 3. The Bertz CT molecular complexity index is 791. The standard InChI is InChI=1S/C12H11N3O4S/c13-20(18,19)10-4-2-1-3-9(10)15-12(17)8-5-6-11(16)14-7-8/h1-7H,(H,14,16)(H,15,17)(H2,13,18,19). The van der Waals surface area contributed by atoms with Gasteiger partial charge in [0, 0.05) is 12.3 Å². The number of nitrogens with two attached hydrogens (primary N) is 1. The molecular weight excluding hydrogens is 282 g/mol. The van der Waals surface area contributed by atoms with E-state index in [9.17, 15) is 18.0 Å². The summed E-state index contributed by atoms with van der Waals surface area (Å²) in [7, 11) is -3.94. The topological polar surface area (TPSA) is 122 Å². The van der Waals surface area contributed by atoms with Crippen LogP contribution in [0.3, 0.4) is 0 Å². The van der Waals surface area contributed by atoms with E-state index in [1.807, 2.05) is 0 Å². The summed E-state index contributed by atoms with van der Waals surface area (Å²) in [5.41, 5.74) is -0.0773. The number of anilines is 1. The number of H-pyrrole nitrogens is 1. The summed E-state index contributed by atoms with van der Waals surface area (Å²) in [5, 5.41) is 7.50. The summed E-state index contributed by atoms with van der Waals surface area (Å²) in [5.74, 6) is -0.558. The minimum absolute atomic E-state index is 0.0752. The Kier molecular flexibility index (Phi) is 3.68. The van der Waals surface area contributed by atoms with Crippen LogP contribution in [0.1, 0.15) is 10.4 Å². The number of pyridine rings is 1. The van der Waals surface area contributed by atoms with Crippen molar-refractivity contribution in [2.24, 2.45) is 5.14 Å². The van der Waals surface area contributed by atoms with Crippen molar-refractivity contribution in [2.75, 3.05) is 5.32 Å². The van der Waals surface area contributed by atoms with Crippen LogP contribution in [0, 0.1) is 0 Å². The van der Waals surface area contributed by atoms with Crippen molar-refractivity contribution in [3.05, 3.63) is 58.5 Å². The van der Waals surface area contributed by atoms with E-state index in [1.54, 1.807) is 6.07 Å². The van der Waals surface area contributed by atoms with Gasteiger partial charge in [0.05, 0.1) is 11.3 Å². The second-order valence-corrected chi connectivity index (χ2v) is 5.47. The molecule has 0 radical (unpaired) electrons. The highest BCUT2D eigenvalue weighted by atomic mass is 32.2. The van der Waals surface area contributed by atoms with Gasteiger partial charge in [-0.1, -0.05) is 12.1 Å². The van der Waals surface area contributed by atoms with Gasteiger partial charge < -0.3 is 10.3 Å². The third-order valence-corrected chi connectivity index (χ3v) is 3.46. The first-order valence-corrected chi connectivity index (χ1v) is 7.04. The number of rotatable bonds is 3. The van der Waals surface area contributed by atoms with E-state index in [0.717, 1.165) is 0 Å². The third-order valence-electron chi connectivity index (χ3n) is 2.49. The minimum atomic E-state index is -3.94. The average molecular weight is 293 g/mol. The van der Waals surface area contributed by atoms with E-state index < -0.39 is 15.9 Å². The molecule has 0 spiro atoms. The lowest BCUT2D eigenvalue weighted by Gasteiger charge is -2.09.